The van der Waals surface area contributed by atoms with Crippen LogP contribution in [-0.4, -0.2) is 11.0 Å². The van der Waals surface area contributed by atoms with Gasteiger partial charge in [-0.1, -0.05) is 12.1 Å². The van der Waals surface area contributed by atoms with Gasteiger partial charge in [-0.3, -0.25) is 4.98 Å². The Kier molecular flexibility index (Phi) is 3.97. The van der Waals surface area contributed by atoms with Crippen LogP contribution >= 0.6 is 0 Å². The van der Waals surface area contributed by atoms with E-state index in [1.165, 1.54) is 0 Å². The van der Waals surface area contributed by atoms with Gasteiger partial charge in [-0.05, 0) is 36.8 Å². The zero-order chi connectivity index (χ0) is 13.7. The molecule has 0 unspecified atom stereocenters. The third-order valence-electron chi connectivity index (χ3n) is 2.68. The number of benzene rings is 1. The van der Waals surface area contributed by atoms with E-state index in [1.54, 1.807) is 30.5 Å². The molecule has 2 amide bonds. The van der Waals surface area contributed by atoms with E-state index in [1.807, 2.05) is 19.1 Å². The molecule has 0 saturated heterocycles. The Labute approximate surface area is 111 Å². The largest absolute Gasteiger partial charge is 0.399 e. The van der Waals surface area contributed by atoms with Crippen molar-refractivity contribution in [2.75, 3.05) is 11.1 Å². The molecule has 1 heterocycles. The summed E-state index contributed by atoms with van der Waals surface area (Å²) in [6.45, 7) is 2.35. The third-order valence-corrected chi connectivity index (χ3v) is 2.68. The summed E-state index contributed by atoms with van der Waals surface area (Å²) in [7, 11) is 0. The van der Waals surface area contributed by atoms with Crippen LogP contribution in [0.15, 0.2) is 42.6 Å². The number of urea groups is 1. The molecule has 19 heavy (non-hydrogen) atoms. The van der Waals surface area contributed by atoms with Gasteiger partial charge in [0.05, 0.1) is 12.2 Å². The van der Waals surface area contributed by atoms with Crippen LogP contribution < -0.4 is 16.4 Å². The van der Waals surface area contributed by atoms with E-state index in [0.717, 1.165) is 11.3 Å². The molecule has 0 bridgehead atoms. The highest BCUT2D eigenvalue weighted by Gasteiger charge is 2.04. The van der Waals surface area contributed by atoms with Crippen LogP contribution in [0, 0.1) is 6.92 Å². The van der Waals surface area contributed by atoms with Crippen LogP contribution in [0.3, 0.4) is 0 Å². The van der Waals surface area contributed by atoms with Gasteiger partial charge in [-0.2, -0.15) is 0 Å². The molecule has 0 aliphatic carbocycles. The van der Waals surface area contributed by atoms with Gasteiger partial charge in [0.1, 0.15) is 0 Å². The maximum absolute atomic E-state index is 11.7. The Morgan fingerprint density at radius 2 is 2.16 bits per heavy atom. The van der Waals surface area contributed by atoms with Gasteiger partial charge in [0.25, 0.3) is 0 Å². The van der Waals surface area contributed by atoms with Crippen molar-refractivity contribution in [1.82, 2.24) is 10.3 Å². The lowest BCUT2D eigenvalue weighted by molar-refractivity contribution is 0.251. The molecule has 0 atom stereocenters. The lowest BCUT2D eigenvalue weighted by Crippen LogP contribution is -2.28. The van der Waals surface area contributed by atoms with Crippen LogP contribution in [0.25, 0.3) is 0 Å². The minimum absolute atomic E-state index is 0.282. The number of nitrogens with two attached hydrogens (primary N) is 1. The molecule has 0 spiro atoms. The van der Waals surface area contributed by atoms with Crippen LogP contribution in [0.2, 0.25) is 0 Å². The second-order valence-electron chi connectivity index (χ2n) is 4.20. The number of hydrogen-bond donors (Lipinski definition) is 3. The first-order valence-electron chi connectivity index (χ1n) is 5.96. The van der Waals surface area contributed by atoms with E-state index in [4.69, 9.17) is 5.73 Å². The molecule has 2 rings (SSSR count). The summed E-state index contributed by atoms with van der Waals surface area (Å²) in [4.78, 5) is 15.9. The SMILES string of the molecule is Cc1cccnc1CNC(=O)Nc1cccc(N)c1. The first-order valence-corrected chi connectivity index (χ1v) is 5.96. The van der Waals surface area contributed by atoms with Gasteiger partial charge < -0.3 is 16.4 Å². The average Bonchev–Trinajstić information content (AvgIpc) is 2.38. The Morgan fingerprint density at radius 3 is 2.89 bits per heavy atom. The fourth-order valence-electron chi connectivity index (χ4n) is 1.66. The summed E-state index contributed by atoms with van der Waals surface area (Å²) in [5, 5.41) is 5.47. The van der Waals surface area contributed by atoms with Crippen molar-refractivity contribution in [2.24, 2.45) is 0 Å². The van der Waals surface area contributed by atoms with Gasteiger partial charge in [0, 0.05) is 17.6 Å². The fraction of sp³-hybridized carbons (Fsp3) is 0.143. The minimum atomic E-state index is -0.282. The number of aromatic nitrogens is 1. The third kappa shape index (κ3) is 3.70. The van der Waals surface area contributed by atoms with Crippen molar-refractivity contribution in [3.63, 3.8) is 0 Å². The Bertz CT molecular complexity index is 583. The number of carbonyl (C=O) groups is 1. The molecule has 0 aliphatic rings. The van der Waals surface area contributed by atoms with Gasteiger partial charge in [-0.25, -0.2) is 4.79 Å². The Hall–Kier alpha value is -2.56. The number of amides is 2. The smallest absolute Gasteiger partial charge is 0.319 e. The number of anilines is 2. The number of pyridine rings is 1. The molecule has 0 radical (unpaired) electrons. The van der Waals surface area contributed by atoms with Gasteiger partial charge in [0.2, 0.25) is 0 Å². The normalized spacial score (nSPS) is 9.95. The average molecular weight is 256 g/mol. The zero-order valence-corrected chi connectivity index (χ0v) is 10.7. The van der Waals surface area contributed by atoms with Crippen molar-refractivity contribution in [1.29, 1.82) is 0 Å². The number of nitrogen functional groups attached to an aromatic ring is 1. The van der Waals surface area contributed by atoms with E-state index in [0.29, 0.717) is 17.9 Å². The summed E-state index contributed by atoms with van der Waals surface area (Å²) in [5.41, 5.74) is 8.81. The van der Waals surface area contributed by atoms with Crippen molar-refractivity contribution >= 4 is 17.4 Å². The van der Waals surface area contributed by atoms with Crippen LogP contribution in [-0.2, 0) is 6.54 Å². The van der Waals surface area contributed by atoms with Crippen molar-refractivity contribution < 1.29 is 4.79 Å². The number of aryl methyl sites for hydroxylation is 1. The zero-order valence-electron chi connectivity index (χ0n) is 10.7. The van der Waals surface area contributed by atoms with E-state index in [-0.39, 0.29) is 6.03 Å². The molecule has 4 N–H and O–H groups in total. The number of rotatable bonds is 3. The molecule has 5 heteroatoms. The first-order chi connectivity index (χ1) is 9.15. The van der Waals surface area contributed by atoms with Crippen LogP contribution in [0.1, 0.15) is 11.3 Å². The minimum Gasteiger partial charge on any atom is -0.399 e. The highest BCUT2D eigenvalue weighted by molar-refractivity contribution is 5.89. The summed E-state index contributed by atoms with van der Waals surface area (Å²) in [5.74, 6) is 0. The molecule has 1 aromatic heterocycles. The number of nitrogens with one attached hydrogen (secondary N) is 2. The quantitative estimate of drug-likeness (QED) is 0.737. The van der Waals surface area contributed by atoms with E-state index >= 15 is 0 Å². The monoisotopic (exact) mass is 256 g/mol. The lowest BCUT2D eigenvalue weighted by atomic mass is 10.2. The highest BCUT2D eigenvalue weighted by atomic mass is 16.2. The Balaban J connectivity index is 1.90. The lowest BCUT2D eigenvalue weighted by Gasteiger charge is -2.09. The summed E-state index contributed by atoms with van der Waals surface area (Å²) < 4.78 is 0. The molecule has 2 aromatic rings. The number of nitrogens with zero attached hydrogens (tertiary/aromatic N) is 1. The van der Waals surface area contributed by atoms with E-state index in [2.05, 4.69) is 15.6 Å². The summed E-state index contributed by atoms with van der Waals surface area (Å²) in [6.07, 6.45) is 1.71. The van der Waals surface area contributed by atoms with E-state index in [9.17, 15) is 4.79 Å². The predicted molar refractivity (Wildman–Crippen MR) is 75.7 cm³/mol. The summed E-state index contributed by atoms with van der Waals surface area (Å²) >= 11 is 0. The first kappa shape index (κ1) is 12.9. The molecule has 5 nitrogen and oxygen atoms in total. The number of carbonyl (C=O) groups excluding carboxylic acids is 1. The van der Waals surface area contributed by atoms with Crippen LogP contribution in [0.5, 0.6) is 0 Å². The molecule has 0 fully saturated rings. The maximum Gasteiger partial charge on any atom is 0.319 e. The van der Waals surface area contributed by atoms with Gasteiger partial charge in [-0.15, -0.1) is 0 Å². The fourth-order valence-corrected chi connectivity index (χ4v) is 1.66. The summed E-state index contributed by atoms with van der Waals surface area (Å²) in [6, 6.07) is 10.6. The molecule has 98 valence electrons. The molecular formula is C14H16N4O. The van der Waals surface area contributed by atoms with Gasteiger partial charge in [0.15, 0.2) is 0 Å². The van der Waals surface area contributed by atoms with Crippen molar-refractivity contribution in [3.8, 4) is 0 Å². The molecular weight excluding hydrogens is 240 g/mol. The van der Waals surface area contributed by atoms with Gasteiger partial charge >= 0.3 is 6.03 Å². The van der Waals surface area contributed by atoms with Crippen LogP contribution in [0.4, 0.5) is 16.2 Å². The molecule has 1 aromatic carbocycles. The highest BCUT2D eigenvalue weighted by Crippen LogP contribution is 2.11. The molecule has 0 saturated carbocycles. The van der Waals surface area contributed by atoms with E-state index < -0.39 is 0 Å². The second kappa shape index (κ2) is 5.86. The standard InChI is InChI=1S/C14H16N4O/c1-10-4-3-7-16-13(10)9-17-14(19)18-12-6-2-5-11(15)8-12/h2-8H,9,15H2,1H3,(H2,17,18,19). The maximum atomic E-state index is 11.7. The van der Waals surface area contributed by atoms with Crippen molar-refractivity contribution in [3.05, 3.63) is 53.9 Å². The predicted octanol–water partition coefficient (Wildman–Crippen LogP) is 2.29. The van der Waals surface area contributed by atoms with Crippen molar-refractivity contribution in [2.45, 2.75) is 13.5 Å². The second-order valence-corrected chi connectivity index (χ2v) is 4.20. The Morgan fingerprint density at radius 1 is 1.32 bits per heavy atom. The topological polar surface area (TPSA) is 80.0 Å². The number of hydrogen-bond acceptors (Lipinski definition) is 3. The molecule has 0 aliphatic heterocycles.